The number of halogens is 1. The second kappa shape index (κ2) is 4.96. The van der Waals surface area contributed by atoms with Crippen molar-refractivity contribution in [1.29, 1.82) is 0 Å². The van der Waals surface area contributed by atoms with E-state index in [0.29, 0.717) is 12.1 Å². The minimum atomic E-state index is -0.896. The van der Waals surface area contributed by atoms with Crippen LogP contribution in [0.2, 0.25) is 0 Å². The number of carboxylic acids is 1. The molecule has 0 spiro atoms. The van der Waals surface area contributed by atoms with E-state index < -0.39 is 11.5 Å². The molecule has 1 aromatic rings. The van der Waals surface area contributed by atoms with Crippen molar-refractivity contribution < 1.29 is 14.3 Å². The van der Waals surface area contributed by atoms with Crippen LogP contribution in [-0.2, 0) is 4.79 Å². The quantitative estimate of drug-likeness (QED) is 0.863. The van der Waals surface area contributed by atoms with Gasteiger partial charge in [0.25, 0.3) is 0 Å². The molecule has 1 fully saturated rings. The lowest BCUT2D eigenvalue weighted by atomic mass is 9.85. The Morgan fingerprint density at radius 3 is 2.72 bits per heavy atom. The molecule has 1 aromatic carbocycles. The van der Waals surface area contributed by atoms with Crippen LogP contribution in [0.4, 0.5) is 10.1 Å². The molecule has 1 aliphatic rings. The van der Waals surface area contributed by atoms with Gasteiger partial charge in [-0.15, -0.1) is 0 Å². The third-order valence-electron chi connectivity index (χ3n) is 3.91. The van der Waals surface area contributed by atoms with Gasteiger partial charge in [-0.2, -0.15) is 0 Å². The van der Waals surface area contributed by atoms with E-state index in [-0.39, 0.29) is 11.7 Å². The lowest BCUT2D eigenvalue weighted by Gasteiger charge is -2.33. The Hall–Kier alpha value is -1.58. The first kappa shape index (κ1) is 12.9. The minimum absolute atomic E-state index is 0.125. The molecule has 2 unspecified atom stereocenters. The number of anilines is 1. The van der Waals surface area contributed by atoms with Crippen LogP contribution in [0, 0.1) is 11.7 Å². The predicted molar refractivity (Wildman–Crippen MR) is 68.0 cm³/mol. The molecule has 1 saturated carbocycles. The van der Waals surface area contributed by atoms with Crippen molar-refractivity contribution in [1.82, 2.24) is 0 Å². The van der Waals surface area contributed by atoms with E-state index in [1.165, 1.54) is 12.1 Å². The number of hydrogen-bond acceptors (Lipinski definition) is 2. The number of rotatable bonds is 4. The van der Waals surface area contributed by atoms with Crippen LogP contribution < -0.4 is 5.32 Å². The van der Waals surface area contributed by atoms with Gasteiger partial charge < -0.3 is 10.4 Å². The zero-order valence-corrected chi connectivity index (χ0v) is 10.4. The topological polar surface area (TPSA) is 49.3 Å². The van der Waals surface area contributed by atoms with Crippen LogP contribution in [0.15, 0.2) is 24.3 Å². The van der Waals surface area contributed by atoms with Gasteiger partial charge >= 0.3 is 5.97 Å². The summed E-state index contributed by atoms with van der Waals surface area (Å²) >= 11 is 0. The number of benzene rings is 1. The molecule has 98 valence electrons. The highest BCUT2D eigenvalue weighted by Crippen LogP contribution is 2.40. The Morgan fingerprint density at radius 2 is 2.17 bits per heavy atom. The summed E-state index contributed by atoms with van der Waals surface area (Å²) in [7, 11) is 0. The van der Waals surface area contributed by atoms with E-state index in [2.05, 4.69) is 5.32 Å². The first-order valence-electron chi connectivity index (χ1n) is 6.35. The van der Waals surface area contributed by atoms with Gasteiger partial charge in [0.1, 0.15) is 11.4 Å². The fourth-order valence-electron chi connectivity index (χ4n) is 2.92. The second-order valence-corrected chi connectivity index (χ2v) is 4.91. The number of carboxylic acid groups (broad SMARTS) is 1. The molecule has 1 aliphatic carbocycles. The van der Waals surface area contributed by atoms with Gasteiger partial charge in [0, 0.05) is 5.69 Å². The zero-order chi connectivity index (χ0) is 13.2. The average Bonchev–Trinajstić information content (AvgIpc) is 2.76. The number of hydrogen-bond donors (Lipinski definition) is 2. The van der Waals surface area contributed by atoms with E-state index >= 15 is 0 Å². The molecule has 18 heavy (non-hydrogen) atoms. The maximum Gasteiger partial charge on any atom is 0.329 e. The summed E-state index contributed by atoms with van der Waals surface area (Å²) in [5.74, 6) is -1.00. The molecule has 0 aliphatic heterocycles. The summed E-state index contributed by atoms with van der Waals surface area (Å²) < 4.78 is 12.9. The number of nitrogens with one attached hydrogen (secondary N) is 1. The van der Waals surface area contributed by atoms with Crippen molar-refractivity contribution in [2.24, 2.45) is 5.92 Å². The van der Waals surface area contributed by atoms with E-state index in [1.54, 1.807) is 12.1 Å². The lowest BCUT2D eigenvalue weighted by Crippen LogP contribution is -2.49. The van der Waals surface area contributed by atoms with Gasteiger partial charge in [-0.3, -0.25) is 0 Å². The maximum atomic E-state index is 12.9. The molecule has 3 nitrogen and oxygen atoms in total. The van der Waals surface area contributed by atoms with Crippen molar-refractivity contribution in [3.05, 3.63) is 30.1 Å². The van der Waals surface area contributed by atoms with E-state index in [9.17, 15) is 14.3 Å². The highest BCUT2D eigenvalue weighted by atomic mass is 19.1. The molecule has 2 N–H and O–H groups in total. The third-order valence-corrected chi connectivity index (χ3v) is 3.91. The minimum Gasteiger partial charge on any atom is -0.479 e. The largest absolute Gasteiger partial charge is 0.479 e. The highest BCUT2D eigenvalue weighted by Gasteiger charge is 2.48. The molecule has 2 atom stereocenters. The van der Waals surface area contributed by atoms with Gasteiger partial charge in [0.15, 0.2) is 0 Å². The molecule has 0 saturated heterocycles. The molecular formula is C14H18FNO2. The molecule has 4 heteroatoms. The number of carbonyl (C=O) groups is 1. The Bertz CT molecular complexity index is 432. The van der Waals surface area contributed by atoms with Crippen LogP contribution in [-0.4, -0.2) is 16.6 Å². The molecule has 0 amide bonds. The fraction of sp³-hybridized carbons (Fsp3) is 0.500. The highest BCUT2D eigenvalue weighted by molar-refractivity contribution is 5.83. The standard InChI is InChI=1S/C14H18FNO2/c1-2-10-4-3-9-14(10,13(17)18)16-12-7-5-11(15)6-8-12/h5-8,10,16H,2-4,9H2,1H3,(H,17,18). The summed E-state index contributed by atoms with van der Waals surface area (Å²) in [5, 5.41) is 12.7. The summed E-state index contributed by atoms with van der Waals surface area (Å²) in [4.78, 5) is 11.6. The van der Waals surface area contributed by atoms with Gasteiger partial charge in [-0.25, -0.2) is 9.18 Å². The first-order chi connectivity index (χ1) is 8.58. The summed E-state index contributed by atoms with van der Waals surface area (Å²) in [6, 6.07) is 5.86. The predicted octanol–water partition coefficient (Wildman–Crippen LogP) is 3.27. The summed E-state index contributed by atoms with van der Waals surface area (Å²) in [5.41, 5.74) is -0.230. The summed E-state index contributed by atoms with van der Waals surface area (Å²) in [6.45, 7) is 2.01. The second-order valence-electron chi connectivity index (χ2n) is 4.91. The Morgan fingerprint density at radius 1 is 1.50 bits per heavy atom. The molecule has 0 aromatic heterocycles. The van der Waals surface area contributed by atoms with Crippen LogP contribution in [0.5, 0.6) is 0 Å². The van der Waals surface area contributed by atoms with Crippen LogP contribution in [0.25, 0.3) is 0 Å². The third kappa shape index (κ3) is 2.19. The molecular weight excluding hydrogens is 233 g/mol. The average molecular weight is 251 g/mol. The van der Waals surface area contributed by atoms with Crippen molar-refractivity contribution in [2.75, 3.05) is 5.32 Å². The Labute approximate surface area is 106 Å². The maximum absolute atomic E-state index is 12.9. The van der Waals surface area contributed by atoms with Crippen LogP contribution in [0.3, 0.4) is 0 Å². The van der Waals surface area contributed by atoms with Crippen LogP contribution in [0.1, 0.15) is 32.6 Å². The normalized spacial score (nSPS) is 27.1. The van der Waals surface area contributed by atoms with Gasteiger partial charge in [0.05, 0.1) is 0 Å². The SMILES string of the molecule is CCC1CCCC1(Nc1ccc(F)cc1)C(=O)O. The molecule has 2 rings (SSSR count). The first-order valence-corrected chi connectivity index (χ1v) is 6.35. The van der Waals surface area contributed by atoms with Gasteiger partial charge in [-0.1, -0.05) is 19.8 Å². The molecule has 0 heterocycles. The lowest BCUT2D eigenvalue weighted by molar-refractivity contribution is -0.143. The van der Waals surface area contributed by atoms with E-state index in [4.69, 9.17) is 0 Å². The van der Waals surface area contributed by atoms with Crippen molar-refractivity contribution >= 4 is 11.7 Å². The van der Waals surface area contributed by atoms with E-state index in [0.717, 1.165) is 19.3 Å². The molecule has 0 radical (unpaired) electrons. The molecule has 0 bridgehead atoms. The zero-order valence-electron chi connectivity index (χ0n) is 10.4. The van der Waals surface area contributed by atoms with E-state index in [1.807, 2.05) is 6.92 Å². The summed E-state index contributed by atoms with van der Waals surface area (Å²) in [6.07, 6.45) is 3.30. The van der Waals surface area contributed by atoms with Crippen LogP contribution >= 0.6 is 0 Å². The fourth-order valence-corrected chi connectivity index (χ4v) is 2.92. The Balaban J connectivity index is 2.26. The van der Waals surface area contributed by atoms with Gasteiger partial charge in [-0.05, 0) is 43.0 Å². The monoisotopic (exact) mass is 251 g/mol. The van der Waals surface area contributed by atoms with Crippen molar-refractivity contribution in [3.63, 3.8) is 0 Å². The number of aliphatic carboxylic acids is 1. The Kier molecular flexibility index (Phi) is 3.55. The smallest absolute Gasteiger partial charge is 0.329 e. The van der Waals surface area contributed by atoms with Crippen molar-refractivity contribution in [3.8, 4) is 0 Å². The van der Waals surface area contributed by atoms with Crippen molar-refractivity contribution in [2.45, 2.75) is 38.1 Å². The van der Waals surface area contributed by atoms with Gasteiger partial charge in [0.2, 0.25) is 0 Å².